The van der Waals surface area contributed by atoms with Gasteiger partial charge in [0.2, 0.25) is 0 Å². The fourth-order valence-electron chi connectivity index (χ4n) is 0.588. The standard InChI is InChI=1S/C6H7N3O2S/c10-12(11)9-8-5-6-3-1-2-4-7-6/h1-5,9H,(H,10,11)/p-1. The SMILES string of the molecule is O=S([O-])NN=Cc1ccccn1. The van der Waals surface area contributed by atoms with Crippen LogP contribution in [0, 0.1) is 0 Å². The highest BCUT2D eigenvalue weighted by molar-refractivity contribution is 7.77. The van der Waals surface area contributed by atoms with Gasteiger partial charge in [-0.3, -0.25) is 9.19 Å². The van der Waals surface area contributed by atoms with Crippen LogP contribution in [-0.2, 0) is 11.3 Å². The van der Waals surface area contributed by atoms with Crippen molar-refractivity contribution >= 4 is 17.5 Å². The first-order chi connectivity index (χ1) is 5.79. The van der Waals surface area contributed by atoms with Crippen molar-refractivity contribution in [2.45, 2.75) is 0 Å². The van der Waals surface area contributed by atoms with Gasteiger partial charge in [-0.25, -0.2) is 4.83 Å². The minimum Gasteiger partial charge on any atom is -0.754 e. The van der Waals surface area contributed by atoms with E-state index in [0.717, 1.165) is 0 Å². The summed E-state index contributed by atoms with van der Waals surface area (Å²) in [5, 5.41) is 3.39. The van der Waals surface area contributed by atoms with E-state index in [0.29, 0.717) is 5.69 Å². The first kappa shape index (κ1) is 8.82. The average molecular weight is 184 g/mol. The lowest BCUT2D eigenvalue weighted by molar-refractivity contribution is 0.525. The van der Waals surface area contributed by atoms with Gasteiger partial charge in [0.25, 0.3) is 0 Å². The Morgan fingerprint density at radius 1 is 1.67 bits per heavy atom. The lowest BCUT2D eigenvalue weighted by Crippen LogP contribution is -2.08. The Hall–Kier alpha value is -1.27. The second-order valence-corrected chi connectivity index (χ2v) is 2.49. The third kappa shape index (κ3) is 3.22. The van der Waals surface area contributed by atoms with Crippen molar-refractivity contribution in [3.63, 3.8) is 0 Å². The zero-order valence-electron chi connectivity index (χ0n) is 6.01. The molecule has 1 atom stereocenters. The van der Waals surface area contributed by atoms with Gasteiger partial charge in [0.15, 0.2) is 0 Å². The van der Waals surface area contributed by atoms with Crippen LogP contribution in [0.25, 0.3) is 0 Å². The molecule has 5 nitrogen and oxygen atoms in total. The Labute approximate surface area is 71.9 Å². The summed E-state index contributed by atoms with van der Waals surface area (Å²) < 4.78 is 19.9. The molecule has 0 spiro atoms. The van der Waals surface area contributed by atoms with Crippen LogP contribution in [0.1, 0.15) is 5.69 Å². The molecule has 64 valence electrons. The Balaban J connectivity index is 2.52. The van der Waals surface area contributed by atoms with E-state index in [9.17, 15) is 8.76 Å². The van der Waals surface area contributed by atoms with Crippen LogP contribution < -0.4 is 4.83 Å². The molecule has 6 heteroatoms. The molecule has 0 aliphatic heterocycles. The topological polar surface area (TPSA) is 77.4 Å². The number of nitrogens with zero attached hydrogens (tertiary/aromatic N) is 2. The molecular weight excluding hydrogens is 178 g/mol. The minimum absolute atomic E-state index is 0.593. The number of rotatable bonds is 3. The molecule has 1 aromatic rings. The Bertz CT molecular complexity index is 288. The molecule has 1 aromatic heterocycles. The highest BCUT2D eigenvalue weighted by Gasteiger charge is 1.83. The lowest BCUT2D eigenvalue weighted by Gasteiger charge is -1.99. The summed E-state index contributed by atoms with van der Waals surface area (Å²) in [6, 6.07) is 5.25. The van der Waals surface area contributed by atoms with Crippen LogP contribution in [-0.4, -0.2) is 20.0 Å². The molecule has 0 fully saturated rings. The van der Waals surface area contributed by atoms with Crippen LogP contribution in [0.15, 0.2) is 29.5 Å². The molecule has 0 aliphatic carbocycles. The number of nitrogens with one attached hydrogen (secondary N) is 1. The van der Waals surface area contributed by atoms with E-state index in [1.807, 2.05) is 4.83 Å². The summed E-state index contributed by atoms with van der Waals surface area (Å²) in [6.07, 6.45) is 2.91. The van der Waals surface area contributed by atoms with E-state index < -0.39 is 11.3 Å². The van der Waals surface area contributed by atoms with Crippen molar-refractivity contribution in [3.05, 3.63) is 30.1 Å². The van der Waals surface area contributed by atoms with Crippen molar-refractivity contribution in [1.82, 2.24) is 9.82 Å². The summed E-state index contributed by atoms with van der Waals surface area (Å²) in [5.74, 6) is 0. The maximum Gasteiger partial charge on any atom is 0.0830 e. The van der Waals surface area contributed by atoms with Crippen LogP contribution in [0.2, 0.25) is 0 Å². The van der Waals surface area contributed by atoms with Gasteiger partial charge >= 0.3 is 0 Å². The number of hydrogen-bond acceptors (Lipinski definition) is 4. The highest BCUT2D eigenvalue weighted by Crippen LogP contribution is 1.87. The second kappa shape index (κ2) is 4.58. The van der Waals surface area contributed by atoms with Crippen molar-refractivity contribution < 1.29 is 8.76 Å². The molecule has 0 amide bonds. The summed E-state index contributed by atoms with van der Waals surface area (Å²) in [6.45, 7) is 0. The number of aromatic nitrogens is 1. The largest absolute Gasteiger partial charge is 0.754 e. The van der Waals surface area contributed by atoms with Crippen LogP contribution in [0.3, 0.4) is 0 Å². The normalized spacial score (nSPS) is 13.1. The molecule has 0 aromatic carbocycles. The van der Waals surface area contributed by atoms with Gasteiger partial charge in [0.05, 0.1) is 23.2 Å². The molecule has 0 aliphatic rings. The monoisotopic (exact) mass is 184 g/mol. The molecule has 1 N–H and O–H groups in total. The maximum absolute atomic E-state index is 9.94. The number of pyridine rings is 1. The Kier molecular flexibility index (Phi) is 3.36. The molecule has 0 saturated heterocycles. The lowest BCUT2D eigenvalue weighted by atomic mass is 10.4. The van der Waals surface area contributed by atoms with E-state index in [2.05, 4.69) is 10.1 Å². The maximum atomic E-state index is 9.94. The predicted molar refractivity (Wildman–Crippen MR) is 43.9 cm³/mol. The number of hydrogen-bond donors (Lipinski definition) is 1. The molecule has 1 rings (SSSR count). The summed E-state index contributed by atoms with van der Waals surface area (Å²) in [4.78, 5) is 5.73. The zero-order chi connectivity index (χ0) is 8.81. The fraction of sp³-hybridized carbons (Fsp3) is 0. The van der Waals surface area contributed by atoms with Crippen molar-refractivity contribution in [3.8, 4) is 0 Å². The molecular formula is C6H6N3O2S-. The van der Waals surface area contributed by atoms with E-state index in [-0.39, 0.29) is 0 Å². The number of hydrazone groups is 1. The van der Waals surface area contributed by atoms with Crippen molar-refractivity contribution in [2.24, 2.45) is 5.10 Å². The van der Waals surface area contributed by atoms with Gasteiger partial charge in [0.1, 0.15) is 0 Å². The molecule has 1 unspecified atom stereocenters. The first-order valence-corrected chi connectivity index (χ1v) is 4.15. The van der Waals surface area contributed by atoms with E-state index in [4.69, 9.17) is 0 Å². The third-order valence-electron chi connectivity index (χ3n) is 1.01. The highest BCUT2D eigenvalue weighted by atomic mass is 32.2. The van der Waals surface area contributed by atoms with Gasteiger partial charge in [0, 0.05) is 6.20 Å². The van der Waals surface area contributed by atoms with Crippen LogP contribution in [0.4, 0.5) is 0 Å². The van der Waals surface area contributed by atoms with Crippen LogP contribution >= 0.6 is 0 Å². The predicted octanol–water partition coefficient (Wildman–Crippen LogP) is -0.201. The van der Waals surface area contributed by atoms with Crippen LogP contribution in [0.5, 0.6) is 0 Å². The molecule has 0 radical (unpaired) electrons. The Morgan fingerprint density at radius 3 is 3.08 bits per heavy atom. The van der Waals surface area contributed by atoms with Crippen molar-refractivity contribution in [1.29, 1.82) is 0 Å². The molecule has 1 heterocycles. The Morgan fingerprint density at radius 2 is 2.50 bits per heavy atom. The second-order valence-electron chi connectivity index (χ2n) is 1.84. The minimum atomic E-state index is -2.36. The zero-order valence-corrected chi connectivity index (χ0v) is 6.82. The third-order valence-corrected chi connectivity index (χ3v) is 1.27. The summed E-state index contributed by atoms with van der Waals surface area (Å²) in [5.41, 5.74) is 0.593. The quantitative estimate of drug-likeness (QED) is 0.401. The molecule has 0 bridgehead atoms. The van der Waals surface area contributed by atoms with Gasteiger partial charge in [-0.1, -0.05) is 6.07 Å². The van der Waals surface area contributed by atoms with Gasteiger partial charge < -0.3 is 4.55 Å². The smallest absolute Gasteiger partial charge is 0.0830 e. The average Bonchev–Trinajstić information content (AvgIpc) is 2.05. The van der Waals surface area contributed by atoms with Gasteiger partial charge in [-0.05, 0) is 12.1 Å². The van der Waals surface area contributed by atoms with Gasteiger partial charge in [-0.15, -0.1) is 0 Å². The fourth-order valence-corrected chi connectivity index (χ4v) is 0.727. The van der Waals surface area contributed by atoms with E-state index in [1.54, 1.807) is 24.4 Å². The van der Waals surface area contributed by atoms with Crippen molar-refractivity contribution in [2.75, 3.05) is 0 Å². The summed E-state index contributed by atoms with van der Waals surface area (Å²) in [7, 11) is 0. The van der Waals surface area contributed by atoms with Gasteiger partial charge in [-0.2, -0.15) is 5.10 Å². The molecule has 12 heavy (non-hydrogen) atoms. The summed E-state index contributed by atoms with van der Waals surface area (Å²) >= 11 is -2.36. The van der Waals surface area contributed by atoms with E-state index in [1.165, 1.54) is 6.21 Å². The van der Waals surface area contributed by atoms with E-state index >= 15 is 0 Å². The first-order valence-electron chi connectivity index (χ1n) is 3.08. The molecule has 0 saturated carbocycles.